The molecule has 1 spiro atoms. The number of piperidine rings is 1. The van der Waals surface area contributed by atoms with Gasteiger partial charge in [-0.15, -0.1) is 0 Å². The van der Waals surface area contributed by atoms with E-state index in [2.05, 4.69) is 22.5 Å². The summed E-state index contributed by atoms with van der Waals surface area (Å²) >= 11 is 0. The van der Waals surface area contributed by atoms with Gasteiger partial charge in [0.05, 0.1) is 0 Å². The van der Waals surface area contributed by atoms with E-state index in [0.717, 1.165) is 25.1 Å². The van der Waals surface area contributed by atoms with Crippen LogP contribution in [0.4, 0.5) is 4.79 Å². The number of benzene rings is 1. The Labute approximate surface area is 157 Å². The predicted molar refractivity (Wildman–Crippen MR) is 104 cm³/mol. The van der Waals surface area contributed by atoms with Gasteiger partial charge in [-0.1, -0.05) is 37.3 Å². The largest absolute Gasteiger partial charge is 0.445 e. The summed E-state index contributed by atoms with van der Waals surface area (Å²) in [5.41, 5.74) is 1.61. The number of nitrogens with one attached hydrogen (secondary N) is 2. The number of hydrogen-bond donors (Lipinski definition) is 2. The van der Waals surface area contributed by atoms with Gasteiger partial charge in [0.15, 0.2) is 0 Å². The van der Waals surface area contributed by atoms with E-state index in [1.54, 1.807) is 0 Å². The highest BCUT2D eigenvalue weighted by molar-refractivity contribution is 5.67. The smallest absolute Gasteiger partial charge is 0.407 e. The molecule has 0 atom stereocenters. The normalized spacial score (nSPS) is 19.3. The quantitative estimate of drug-likeness (QED) is 0.749. The molecule has 2 N–H and O–H groups in total. The SMILES string of the molecule is CCCN(CCNC(=O)OCc1ccccc1)C1CC2(CCNCC2)C1. The minimum Gasteiger partial charge on any atom is -0.445 e. The van der Waals surface area contributed by atoms with Crippen LogP contribution in [0.3, 0.4) is 0 Å². The monoisotopic (exact) mass is 359 g/mol. The molecule has 5 heteroatoms. The van der Waals surface area contributed by atoms with Gasteiger partial charge in [-0.05, 0) is 62.7 Å². The summed E-state index contributed by atoms with van der Waals surface area (Å²) in [5.74, 6) is 0. The molecule has 1 saturated heterocycles. The Morgan fingerprint density at radius 3 is 2.65 bits per heavy atom. The molecule has 1 heterocycles. The van der Waals surface area contributed by atoms with Crippen LogP contribution >= 0.6 is 0 Å². The average molecular weight is 360 g/mol. The first kappa shape index (κ1) is 19.2. The van der Waals surface area contributed by atoms with E-state index in [0.29, 0.717) is 24.6 Å². The third kappa shape index (κ3) is 5.21. The van der Waals surface area contributed by atoms with Crippen LogP contribution in [0.15, 0.2) is 30.3 Å². The van der Waals surface area contributed by atoms with E-state index in [4.69, 9.17) is 4.74 Å². The van der Waals surface area contributed by atoms with Crippen LogP contribution in [-0.4, -0.2) is 49.8 Å². The Morgan fingerprint density at radius 2 is 1.96 bits per heavy atom. The summed E-state index contributed by atoms with van der Waals surface area (Å²) in [6.45, 7) is 7.58. The lowest BCUT2D eigenvalue weighted by atomic mass is 9.60. The summed E-state index contributed by atoms with van der Waals surface area (Å²) < 4.78 is 5.29. The minimum atomic E-state index is -0.325. The van der Waals surface area contributed by atoms with Gasteiger partial charge in [-0.25, -0.2) is 4.79 Å². The highest BCUT2D eigenvalue weighted by atomic mass is 16.5. The van der Waals surface area contributed by atoms with Crippen LogP contribution in [0.1, 0.15) is 44.6 Å². The van der Waals surface area contributed by atoms with Crippen molar-refractivity contribution in [1.29, 1.82) is 0 Å². The van der Waals surface area contributed by atoms with Crippen molar-refractivity contribution in [2.24, 2.45) is 5.41 Å². The Morgan fingerprint density at radius 1 is 1.23 bits per heavy atom. The van der Waals surface area contributed by atoms with Crippen molar-refractivity contribution in [1.82, 2.24) is 15.5 Å². The van der Waals surface area contributed by atoms with Crippen LogP contribution < -0.4 is 10.6 Å². The van der Waals surface area contributed by atoms with Gasteiger partial charge in [0, 0.05) is 19.1 Å². The number of amides is 1. The maximum Gasteiger partial charge on any atom is 0.407 e. The van der Waals surface area contributed by atoms with Crippen LogP contribution in [0, 0.1) is 5.41 Å². The third-order valence-corrected chi connectivity index (χ3v) is 5.91. The molecule has 2 aliphatic rings. The number of hydrogen-bond acceptors (Lipinski definition) is 4. The Hall–Kier alpha value is -1.59. The summed E-state index contributed by atoms with van der Waals surface area (Å²) in [5, 5.41) is 6.38. The second kappa shape index (κ2) is 9.38. The van der Waals surface area contributed by atoms with E-state index < -0.39 is 0 Å². The number of alkyl carbamates (subject to hydrolysis) is 1. The van der Waals surface area contributed by atoms with Gasteiger partial charge in [-0.2, -0.15) is 0 Å². The van der Waals surface area contributed by atoms with Gasteiger partial charge in [0.2, 0.25) is 0 Å². The van der Waals surface area contributed by atoms with Crippen molar-refractivity contribution in [3.63, 3.8) is 0 Å². The fourth-order valence-corrected chi connectivity index (χ4v) is 4.40. The van der Waals surface area contributed by atoms with E-state index in [-0.39, 0.29) is 6.09 Å². The molecular formula is C21H33N3O2. The Balaban J connectivity index is 1.35. The molecule has 1 aromatic carbocycles. The zero-order valence-electron chi connectivity index (χ0n) is 16.0. The van der Waals surface area contributed by atoms with E-state index >= 15 is 0 Å². The molecule has 3 rings (SSSR count). The fourth-order valence-electron chi connectivity index (χ4n) is 4.40. The van der Waals surface area contributed by atoms with E-state index in [9.17, 15) is 4.79 Å². The van der Waals surface area contributed by atoms with Crippen molar-refractivity contribution in [3.05, 3.63) is 35.9 Å². The summed E-state index contributed by atoms with van der Waals surface area (Å²) in [7, 11) is 0. The second-order valence-corrected chi connectivity index (χ2v) is 7.84. The van der Waals surface area contributed by atoms with Gasteiger partial charge in [0.25, 0.3) is 0 Å². The molecule has 1 aliphatic carbocycles. The molecule has 0 aromatic heterocycles. The van der Waals surface area contributed by atoms with Crippen molar-refractivity contribution >= 4 is 6.09 Å². The predicted octanol–water partition coefficient (Wildman–Crippen LogP) is 3.16. The molecule has 2 fully saturated rings. The summed E-state index contributed by atoms with van der Waals surface area (Å²) in [6, 6.07) is 10.5. The molecule has 1 aliphatic heterocycles. The third-order valence-electron chi connectivity index (χ3n) is 5.91. The highest BCUT2D eigenvalue weighted by Crippen LogP contribution is 2.49. The minimum absolute atomic E-state index is 0.324. The lowest BCUT2D eigenvalue weighted by Crippen LogP contribution is -2.55. The van der Waals surface area contributed by atoms with Crippen LogP contribution in [-0.2, 0) is 11.3 Å². The Bertz CT molecular complexity index is 550. The lowest BCUT2D eigenvalue weighted by molar-refractivity contribution is -0.0201. The number of rotatable bonds is 8. The zero-order chi connectivity index (χ0) is 18.2. The van der Waals surface area contributed by atoms with Gasteiger partial charge in [-0.3, -0.25) is 4.90 Å². The molecule has 144 valence electrons. The molecule has 0 unspecified atom stereocenters. The van der Waals surface area contributed by atoms with Crippen molar-refractivity contribution < 1.29 is 9.53 Å². The molecule has 5 nitrogen and oxygen atoms in total. The molecule has 1 saturated carbocycles. The zero-order valence-corrected chi connectivity index (χ0v) is 16.0. The first-order valence-electron chi connectivity index (χ1n) is 10.1. The van der Waals surface area contributed by atoms with Crippen molar-refractivity contribution in [2.45, 2.75) is 51.7 Å². The summed E-state index contributed by atoms with van der Waals surface area (Å²) in [6.07, 6.45) is 6.14. The van der Waals surface area contributed by atoms with E-state index in [1.807, 2.05) is 30.3 Å². The van der Waals surface area contributed by atoms with Gasteiger partial charge in [0.1, 0.15) is 6.61 Å². The second-order valence-electron chi connectivity index (χ2n) is 7.84. The maximum absolute atomic E-state index is 11.9. The van der Waals surface area contributed by atoms with E-state index in [1.165, 1.54) is 38.8 Å². The number of carbonyl (C=O) groups excluding carboxylic acids is 1. The summed E-state index contributed by atoms with van der Waals surface area (Å²) in [4.78, 5) is 14.5. The van der Waals surface area contributed by atoms with Crippen molar-refractivity contribution in [2.75, 3.05) is 32.7 Å². The lowest BCUT2D eigenvalue weighted by Gasteiger charge is -2.54. The topological polar surface area (TPSA) is 53.6 Å². The fraction of sp³-hybridized carbons (Fsp3) is 0.667. The molecule has 0 radical (unpaired) electrons. The standard InChI is InChI=1S/C21H33N3O2/c1-2-13-24(19-15-21(16-19)8-10-22-11-9-21)14-12-23-20(25)26-17-18-6-4-3-5-7-18/h3-7,19,22H,2,8-17H2,1H3,(H,23,25). The molecular weight excluding hydrogens is 326 g/mol. The van der Waals surface area contributed by atoms with Crippen LogP contribution in [0.2, 0.25) is 0 Å². The maximum atomic E-state index is 11.9. The Kier molecular flexibility index (Phi) is 6.92. The number of carbonyl (C=O) groups is 1. The van der Waals surface area contributed by atoms with Crippen molar-refractivity contribution in [3.8, 4) is 0 Å². The number of nitrogens with zero attached hydrogens (tertiary/aromatic N) is 1. The molecule has 26 heavy (non-hydrogen) atoms. The first-order chi connectivity index (χ1) is 12.7. The van der Waals surface area contributed by atoms with Gasteiger partial charge < -0.3 is 15.4 Å². The number of ether oxygens (including phenoxy) is 1. The molecule has 0 bridgehead atoms. The van der Waals surface area contributed by atoms with Gasteiger partial charge >= 0.3 is 6.09 Å². The van der Waals surface area contributed by atoms with Crippen LogP contribution in [0.25, 0.3) is 0 Å². The molecule has 1 amide bonds. The van der Waals surface area contributed by atoms with Crippen LogP contribution in [0.5, 0.6) is 0 Å². The highest BCUT2D eigenvalue weighted by Gasteiger charge is 2.46. The average Bonchev–Trinajstić information content (AvgIpc) is 2.65. The first-order valence-corrected chi connectivity index (χ1v) is 10.1. The molecule has 1 aromatic rings.